The summed E-state index contributed by atoms with van der Waals surface area (Å²) in [4.78, 5) is 25.0. The number of aromatic nitrogens is 2. The molecule has 1 aliphatic heterocycles. The number of rotatable bonds is 0. The number of nitrogens with zero attached hydrogens (tertiary/aromatic N) is 1. The predicted molar refractivity (Wildman–Crippen MR) is 44.5 cm³/mol. The molecule has 1 aromatic rings. The second kappa shape index (κ2) is 2.23. The maximum Gasteiger partial charge on any atom is 0.329 e. The molecule has 1 aliphatic rings. The third kappa shape index (κ3) is 0.792. The molecule has 0 spiro atoms. The van der Waals surface area contributed by atoms with Crippen LogP contribution in [0.3, 0.4) is 0 Å². The molecule has 2 N–H and O–H groups in total. The van der Waals surface area contributed by atoms with E-state index in [-0.39, 0.29) is 11.2 Å². The molecule has 12 heavy (non-hydrogen) atoms. The molecule has 2 heterocycles. The van der Waals surface area contributed by atoms with E-state index in [0.29, 0.717) is 17.8 Å². The predicted octanol–water partition coefficient (Wildman–Crippen LogP) is -0.958. The lowest BCUT2D eigenvalue weighted by Crippen LogP contribution is -2.34. The van der Waals surface area contributed by atoms with Gasteiger partial charge in [-0.05, 0) is 6.42 Å². The molecule has 5 heteroatoms. The first-order valence-corrected chi connectivity index (χ1v) is 3.76. The monoisotopic (exact) mass is 167 g/mol. The molecular formula is C7H9N3O2. The van der Waals surface area contributed by atoms with Crippen molar-refractivity contribution in [2.24, 2.45) is 7.05 Å². The Balaban J connectivity index is 2.85. The molecule has 0 unspecified atom stereocenters. The fourth-order valence-corrected chi connectivity index (χ4v) is 1.36. The smallest absolute Gasteiger partial charge is 0.329 e. The van der Waals surface area contributed by atoms with E-state index < -0.39 is 0 Å². The number of hydrogen-bond donors (Lipinski definition) is 2. The van der Waals surface area contributed by atoms with Gasteiger partial charge < -0.3 is 5.32 Å². The average molecular weight is 167 g/mol. The number of anilines is 1. The fourth-order valence-electron chi connectivity index (χ4n) is 1.36. The first-order valence-electron chi connectivity index (χ1n) is 3.76. The Morgan fingerprint density at radius 3 is 2.92 bits per heavy atom. The molecule has 0 amide bonds. The lowest BCUT2D eigenvalue weighted by Gasteiger charge is -2.00. The molecule has 1 aromatic heterocycles. The standard InChI is InChI=1S/C7H9N3O2/c1-10-6(11)4-2-3-8-5(4)9-7(10)12/h8H,2-3H2,1H3,(H,9,12). The van der Waals surface area contributed by atoms with Gasteiger partial charge in [-0.2, -0.15) is 0 Å². The van der Waals surface area contributed by atoms with Crippen LogP contribution in [0.15, 0.2) is 9.59 Å². The molecule has 0 saturated heterocycles. The van der Waals surface area contributed by atoms with Crippen LogP contribution in [-0.2, 0) is 13.5 Å². The highest BCUT2D eigenvalue weighted by molar-refractivity contribution is 5.46. The maximum atomic E-state index is 11.4. The lowest BCUT2D eigenvalue weighted by molar-refractivity contribution is 0.768. The van der Waals surface area contributed by atoms with Crippen molar-refractivity contribution < 1.29 is 0 Å². The summed E-state index contributed by atoms with van der Waals surface area (Å²) in [5.74, 6) is 0.586. The van der Waals surface area contributed by atoms with Crippen LogP contribution in [0.4, 0.5) is 5.82 Å². The van der Waals surface area contributed by atoms with Crippen LogP contribution in [0.2, 0.25) is 0 Å². The van der Waals surface area contributed by atoms with Crippen LogP contribution in [-0.4, -0.2) is 16.1 Å². The highest BCUT2D eigenvalue weighted by Crippen LogP contribution is 2.11. The summed E-state index contributed by atoms with van der Waals surface area (Å²) in [6.07, 6.45) is 0.693. The first-order chi connectivity index (χ1) is 5.70. The summed E-state index contributed by atoms with van der Waals surface area (Å²) in [5.41, 5.74) is 0.115. The zero-order chi connectivity index (χ0) is 8.72. The zero-order valence-electron chi connectivity index (χ0n) is 6.68. The lowest BCUT2D eigenvalue weighted by atomic mass is 10.3. The summed E-state index contributed by atoms with van der Waals surface area (Å²) in [6, 6.07) is 0. The number of fused-ring (bicyclic) bond motifs is 1. The summed E-state index contributed by atoms with van der Waals surface area (Å²) >= 11 is 0. The topological polar surface area (TPSA) is 66.9 Å². The number of H-pyrrole nitrogens is 1. The minimum atomic E-state index is -0.367. The van der Waals surface area contributed by atoms with Crippen molar-refractivity contribution in [3.05, 3.63) is 26.4 Å². The Hall–Kier alpha value is -1.52. The summed E-state index contributed by atoms with van der Waals surface area (Å²) in [7, 11) is 1.47. The van der Waals surface area contributed by atoms with Gasteiger partial charge in [0.05, 0.1) is 5.56 Å². The number of aromatic amines is 1. The van der Waals surface area contributed by atoms with Gasteiger partial charge in [-0.3, -0.25) is 14.3 Å². The summed E-state index contributed by atoms with van der Waals surface area (Å²) in [6.45, 7) is 0.727. The van der Waals surface area contributed by atoms with Gasteiger partial charge in [-0.15, -0.1) is 0 Å². The third-order valence-corrected chi connectivity index (χ3v) is 2.08. The molecule has 0 bridgehead atoms. The summed E-state index contributed by atoms with van der Waals surface area (Å²) < 4.78 is 1.09. The first kappa shape index (κ1) is 7.15. The Morgan fingerprint density at radius 2 is 2.17 bits per heavy atom. The van der Waals surface area contributed by atoms with Crippen molar-refractivity contribution in [2.45, 2.75) is 6.42 Å². The van der Waals surface area contributed by atoms with Gasteiger partial charge in [0, 0.05) is 13.6 Å². The van der Waals surface area contributed by atoms with Crippen LogP contribution >= 0.6 is 0 Å². The molecule has 0 aliphatic carbocycles. The maximum absolute atomic E-state index is 11.4. The SMILES string of the molecule is Cn1c(=O)[nH]c2c(c1=O)CCN2. The van der Waals surface area contributed by atoms with Gasteiger partial charge in [-0.25, -0.2) is 4.79 Å². The van der Waals surface area contributed by atoms with Gasteiger partial charge >= 0.3 is 5.69 Å². The molecule has 64 valence electrons. The molecular weight excluding hydrogens is 158 g/mol. The Bertz CT molecular complexity index is 429. The van der Waals surface area contributed by atoms with Gasteiger partial charge in [-0.1, -0.05) is 0 Å². The highest BCUT2D eigenvalue weighted by Gasteiger charge is 2.16. The molecule has 0 aromatic carbocycles. The molecule has 0 saturated carbocycles. The normalized spacial score (nSPS) is 14.1. The van der Waals surface area contributed by atoms with Crippen LogP contribution in [0.25, 0.3) is 0 Å². The zero-order valence-corrected chi connectivity index (χ0v) is 6.68. The molecule has 5 nitrogen and oxygen atoms in total. The Morgan fingerprint density at radius 1 is 1.42 bits per heavy atom. The summed E-state index contributed by atoms with van der Waals surface area (Å²) in [5, 5.41) is 2.94. The second-order valence-corrected chi connectivity index (χ2v) is 2.82. The van der Waals surface area contributed by atoms with Crippen molar-refractivity contribution in [3.8, 4) is 0 Å². The largest absolute Gasteiger partial charge is 0.371 e. The van der Waals surface area contributed by atoms with E-state index in [4.69, 9.17) is 0 Å². The van der Waals surface area contributed by atoms with E-state index in [1.165, 1.54) is 7.05 Å². The third-order valence-electron chi connectivity index (χ3n) is 2.08. The van der Waals surface area contributed by atoms with Crippen LogP contribution in [0.1, 0.15) is 5.56 Å². The van der Waals surface area contributed by atoms with E-state index in [0.717, 1.165) is 11.1 Å². The fraction of sp³-hybridized carbons (Fsp3) is 0.429. The number of hydrogen-bond acceptors (Lipinski definition) is 3. The van der Waals surface area contributed by atoms with Gasteiger partial charge in [0.25, 0.3) is 5.56 Å². The Kier molecular flexibility index (Phi) is 1.33. The average Bonchev–Trinajstić information content (AvgIpc) is 2.48. The molecule has 0 atom stereocenters. The highest BCUT2D eigenvalue weighted by atomic mass is 16.2. The van der Waals surface area contributed by atoms with Crippen LogP contribution < -0.4 is 16.6 Å². The van der Waals surface area contributed by atoms with Crippen molar-refractivity contribution in [1.29, 1.82) is 0 Å². The van der Waals surface area contributed by atoms with Gasteiger partial charge in [0.2, 0.25) is 0 Å². The van der Waals surface area contributed by atoms with Crippen molar-refractivity contribution >= 4 is 5.82 Å². The van der Waals surface area contributed by atoms with E-state index in [1.54, 1.807) is 0 Å². The van der Waals surface area contributed by atoms with Crippen molar-refractivity contribution in [3.63, 3.8) is 0 Å². The van der Waals surface area contributed by atoms with Crippen LogP contribution in [0, 0.1) is 0 Å². The van der Waals surface area contributed by atoms with E-state index >= 15 is 0 Å². The van der Waals surface area contributed by atoms with Crippen molar-refractivity contribution in [2.75, 3.05) is 11.9 Å². The van der Waals surface area contributed by atoms with Crippen LogP contribution in [0.5, 0.6) is 0 Å². The number of nitrogens with one attached hydrogen (secondary N) is 2. The minimum Gasteiger partial charge on any atom is -0.371 e. The van der Waals surface area contributed by atoms with Gasteiger partial charge in [0.15, 0.2) is 0 Å². The molecule has 0 fully saturated rings. The second-order valence-electron chi connectivity index (χ2n) is 2.82. The van der Waals surface area contributed by atoms with E-state index in [2.05, 4.69) is 10.3 Å². The van der Waals surface area contributed by atoms with Crippen molar-refractivity contribution in [1.82, 2.24) is 9.55 Å². The molecule has 0 radical (unpaired) electrons. The molecule has 2 rings (SSSR count). The van der Waals surface area contributed by atoms with E-state index in [1.807, 2.05) is 0 Å². The minimum absolute atomic E-state index is 0.196. The quantitative estimate of drug-likeness (QED) is 0.523. The van der Waals surface area contributed by atoms with Gasteiger partial charge in [0.1, 0.15) is 5.82 Å². The van der Waals surface area contributed by atoms with E-state index in [9.17, 15) is 9.59 Å². The Labute approximate surface area is 68.0 Å².